The maximum absolute atomic E-state index is 14.4. The van der Waals surface area contributed by atoms with Crippen LogP contribution in [-0.4, -0.2) is 91.6 Å². The van der Waals surface area contributed by atoms with Gasteiger partial charge in [0.25, 0.3) is 10.0 Å². The summed E-state index contributed by atoms with van der Waals surface area (Å²) in [5, 5.41) is 20.4. The normalized spacial score (nSPS) is 13.4. The Morgan fingerprint density at radius 1 is 0.685 bits per heavy atom. The highest BCUT2D eigenvalue weighted by Gasteiger charge is 2.34. The molecule has 0 aliphatic rings. The van der Waals surface area contributed by atoms with Gasteiger partial charge in [0.05, 0.1) is 11.3 Å². The van der Waals surface area contributed by atoms with Crippen LogP contribution >= 0.6 is 0 Å². The number of aryl methyl sites for hydroxylation is 3. The Kier molecular flexibility index (Phi) is 21.8. The quantitative estimate of drug-likeness (QED) is 0.0156. The fourth-order valence-corrected chi connectivity index (χ4v) is 9.02. The third-order valence-electron chi connectivity index (χ3n) is 10.8. The molecule has 4 rings (SSSR count). The molecule has 20 heteroatoms. The van der Waals surface area contributed by atoms with E-state index < -0.39 is 87.9 Å². The Morgan fingerprint density at radius 3 is 1.77 bits per heavy atom. The summed E-state index contributed by atoms with van der Waals surface area (Å²) < 4.78 is 45.5. The number of aromatic hydroxyl groups is 1. The van der Waals surface area contributed by atoms with E-state index in [0.29, 0.717) is 27.8 Å². The Balaban J connectivity index is 1.61. The molecule has 0 saturated heterocycles. The maximum Gasteiger partial charge on any atom is 0.408 e. The SMILES string of the molecule is Cc1cc(C)c(S(=O)(=O)NC(N)=NCCC[C@H](NC(=O)[C@H](CC(C)C)NC(=O)[C@@H](CC(=O)OCc2ccccc2)NC(=O)OC(C)(C)C)C(=O)N[C@@H](Cc2ccc(O)cc2)C(=O)OCc2ccccc2)c(C)c1. The summed E-state index contributed by atoms with van der Waals surface area (Å²) in [5.74, 6) is -4.87. The lowest BCUT2D eigenvalue weighted by Gasteiger charge is -2.27. The summed E-state index contributed by atoms with van der Waals surface area (Å²) in [4.78, 5) is 87.0. The van der Waals surface area contributed by atoms with Gasteiger partial charge < -0.3 is 46.3 Å². The molecule has 4 aromatic carbocycles. The molecule has 0 saturated carbocycles. The Labute approximate surface area is 427 Å². The van der Waals surface area contributed by atoms with Crippen LogP contribution in [0, 0.1) is 26.7 Å². The van der Waals surface area contributed by atoms with E-state index in [1.54, 1.807) is 133 Å². The van der Waals surface area contributed by atoms with Gasteiger partial charge in [0, 0.05) is 13.0 Å². The van der Waals surface area contributed by atoms with Crippen LogP contribution in [0.2, 0.25) is 0 Å². The number of hydrogen-bond acceptors (Lipinski definition) is 13. The van der Waals surface area contributed by atoms with Crippen LogP contribution in [0.1, 0.15) is 93.7 Å². The minimum atomic E-state index is -4.14. The number of amides is 4. The second-order valence-corrected chi connectivity index (χ2v) is 20.7. The molecule has 73 heavy (non-hydrogen) atoms. The van der Waals surface area contributed by atoms with E-state index in [1.807, 2.05) is 6.92 Å². The molecule has 8 N–H and O–H groups in total. The molecule has 0 unspecified atom stereocenters. The molecule has 0 radical (unpaired) electrons. The van der Waals surface area contributed by atoms with Gasteiger partial charge >= 0.3 is 18.0 Å². The summed E-state index contributed by atoms with van der Waals surface area (Å²) in [7, 11) is -4.14. The van der Waals surface area contributed by atoms with Crippen LogP contribution in [0.5, 0.6) is 5.75 Å². The van der Waals surface area contributed by atoms with Gasteiger partial charge in [0.1, 0.15) is 48.7 Å². The monoisotopic (exact) mass is 1030 g/mol. The van der Waals surface area contributed by atoms with Crippen molar-refractivity contribution in [1.29, 1.82) is 0 Å². The fourth-order valence-electron chi connectivity index (χ4n) is 7.61. The van der Waals surface area contributed by atoms with Gasteiger partial charge in [0.2, 0.25) is 23.7 Å². The molecular weight excluding hydrogens is 959 g/mol. The van der Waals surface area contributed by atoms with Gasteiger partial charge in [0.15, 0.2) is 0 Å². The van der Waals surface area contributed by atoms with Gasteiger partial charge in [-0.05, 0) is 107 Å². The van der Waals surface area contributed by atoms with E-state index in [4.69, 9.17) is 19.9 Å². The van der Waals surface area contributed by atoms with Gasteiger partial charge in [-0.15, -0.1) is 0 Å². The average molecular weight is 1030 g/mol. The van der Waals surface area contributed by atoms with Crippen molar-refractivity contribution in [3.8, 4) is 5.75 Å². The molecule has 0 spiro atoms. The first-order chi connectivity index (χ1) is 34.4. The highest BCUT2D eigenvalue weighted by molar-refractivity contribution is 7.90. The summed E-state index contributed by atoms with van der Waals surface area (Å²) in [5.41, 5.74) is 8.93. The molecule has 0 aromatic heterocycles. The van der Waals surface area contributed by atoms with Crippen LogP contribution in [0.3, 0.4) is 0 Å². The van der Waals surface area contributed by atoms with Crippen molar-refractivity contribution in [1.82, 2.24) is 26.0 Å². The second-order valence-electron chi connectivity index (χ2n) is 19.1. The first-order valence-corrected chi connectivity index (χ1v) is 25.4. The number of alkyl carbamates (subject to hydrolysis) is 1. The van der Waals surface area contributed by atoms with Crippen molar-refractivity contribution >= 4 is 51.7 Å². The van der Waals surface area contributed by atoms with E-state index >= 15 is 0 Å². The third-order valence-corrected chi connectivity index (χ3v) is 12.5. The Morgan fingerprint density at radius 2 is 1.21 bits per heavy atom. The number of nitrogens with two attached hydrogens (primary N) is 1. The second kappa shape index (κ2) is 27.4. The zero-order valence-electron chi connectivity index (χ0n) is 42.7. The van der Waals surface area contributed by atoms with Crippen molar-refractivity contribution in [2.75, 3.05) is 6.54 Å². The average Bonchev–Trinajstić information content (AvgIpc) is 3.30. The number of benzene rings is 4. The molecular formula is C53H69N7O12S. The number of carbonyl (C=O) groups is 6. The van der Waals surface area contributed by atoms with Crippen LogP contribution < -0.4 is 31.7 Å². The van der Waals surface area contributed by atoms with E-state index in [2.05, 4.69) is 31.0 Å². The van der Waals surface area contributed by atoms with Crippen LogP contribution in [0.25, 0.3) is 0 Å². The number of aliphatic imine (C=N–C) groups is 1. The lowest BCUT2D eigenvalue weighted by atomic mass is 10.0. The highest BCUT2D eigenvalue weighted by Crippen LogP contribution is 2.22. The van der Waals surface area contributed by atoms with E-state index in [9.17, 15) is 42.3 Å². The first-order valence-electron chi connectivity index (χ1n) is 23.9. The van der Waals surface area contributed by atoms with Gasteiger partial charge in [-0.1, -0.05) is 104 Å². The maximum atomic E-state index is 14.4. The lowest BCUT2D eigenvalue weighted by molar-refractivity contribution is -0.149. The molecule has 0 fully saturated rings. The number of nitrogens with one attached hydrogen (secondary N) is 5. The summed E-state index contributed by atoms with van der Waals surface area (Å²) in [6.07, 6.45) is -1.79. The smallest absolute Gasteiger partial charge is 0.408 e. The molecule has 0 bridgehead atoms. The molecule has 0 aliphatic carbocycles. The van der Waals surface area contributed by atoms with Crippen molar-refractivity contribution in [2.24, 2.45) is 16.6 Å². The zero-order chi connectivity index (χ0) is 53.9. The molecule has 394 valence electrons. The predicted octanol–water partition coefficient (Wildman–Crippen LogP) is 5.20. The zero-order valence-corrected chi connectivity index (χ0v) is 43.5. The number of phenols is 1. The Bertz CT molecular complexity index is 2640. The molecule has 4 aromatic rings. The van der Waals surface area contributed by atoms with E-state index in [-0.39, 0.29) is 62.0 Å². The number of sulfonamides is 1. The number of guanidine groups is 1. The van der Waals surface area contributed by atoms with Crippen molar-refractivity contribution in [3.05, 3.63) is 130 Å². The minimum Gasteiger partial charge on any atom is -0.508 e. The molecule has 0 aliphatic heterocycles. The van der Waals surface area contributed by atoms with Gasteiger partial charge in [-0.3, -0.25) is 24.2 Å². The van der Waals surface area contributed by atoms with Gasteiger partial charge in [-0.25, -0.2) is 22.7 Å². The first kappa shape index (κ1) is 58.1. The number of phenolic OH excluding ortho intramolecular Hbond substituents is 1. The number of ether oxygens (including phenoxy) is 3. The number of esters is 2. The molecule has 4 atom stereocenters. The van der Waals surface area contributed by atoms with E-state index in [1.165, 1.54) is 12.1 Å². The Hall–Kier alpha value is -7.48. The number of hydrogen-bond donors (Lipinski definition) is 7. The van der Waals surface area contributed by atoms with Crippen LogP contribution in [0.4, 0.5) is 4.79 Å². The van der Waals surface area contributed by atoms with Crippen molar-refractivity contribution in [2.45, 2.75) is 135 Å². The largest absolute Gasteiger partial charge is 0.508 e. The van der Waals surface area contributed by atoms with Gasteiger partial charge in [-0.2, -0.15) is 0 Å². The number of nitrogens with zero attached hydrogens (tertiary/aromatic N) is 1. The minimum absolute atomic E-state index is 0.0202. The van der Waals surface area contributed by atoms with E-state index in [0.717, 1.165) is 5.56 Å². The molecule has 19 nitrogen and oxygen atoms in total. The molecule has 4 amide bonds. The topological polar surface area (TPSA) is 283 Å². The molecule has 0 heterocycles. The lowest BCUT2D eigenvalue weighted by Crippen LogP contribution is -2.58. The summed E-state index contributed by atoms with van der Waals surface area (Å²) in [6.45, 7) is 13.3. The fraction of sp³-hybridized carbons (Fsp3) is 0.415. The standard InChI is InChI=1S/C53H69N7O12S/c1-33(2)26-42(57-49(65)43(59-52(67)72-53(6,7)8)30-45(62)70-31-38-16-11-9-12-17-38)48(64)56-41(20-15-25-55-51(54)60-73(68,69)46-35(4)27-34(3)28-36(46)5)47(63)58-44(29-37-21-23-40(61)24-22-37)50(66)71-32-39-18-13-10-14-19-39/h9-14,16-19,21-24,27-28,33,41-44,61H,15,20,25-26,29-32H2,1-8H3,(H,56,64)(H,57,65)(H,58,63)(H,59,67)(H3,54,55,60)/t41-,42-,43+,44-/m0/s1. The predicted molar refractivity (Wildman–Crippen MR) is 274 cm³/mol. The van der Waals surface area contributed by atoms with Crippen LogP contribution in [-0.2, 0) is 67.8 Å². The summed E-state index contributed by atoms with van der Waals surface area (Å²) >= 11 is 0. The van der Waals surface area contributed by atoms with Crippen molar-refractivity contribution < 1.29 is 56.5 Å². The van der Waals surface area contributed by atoms with Crippen molar-refractivity contribution in [3.63, 3.8) is 0 Å². The number of carbonyl (C=O) groups excluding carboxylic acids is 6. The number of rotatable bonds is 24. The summed E-state index contributed by atoms with van der Waals surface area (Å²) in [6, 6.07) is 21.5. The highest BCUT2D eigenvalue weighted by atomic mass is 32.2. The van der Waals surface area contributed by atoms with Crippen LogP contribution in [0.15, 0.2) is 107 Å². The third kappa shape index (κ3) is 20.3.